The van der Waals surface area contributed by atoms with Gasteiger partial charge in [0.1, 0.15) is 0 Å². The van der Waals surface area contributed by atoms with Crippen LogP contribution in [0.3, 0.4) is 0 Å². The van der Waals surface area contributed by atoms with Gasteiger partial charge in [0, 0.05) is 0 Å². The van der Waals surface area contributed by atoms with Crippen molar-refractivity contribution in [3.63, 3.8) is 0 Å². The van der Waals surface area contributed by atoms with Gasteiger partial charge in [-0.05, 0) is 22.3 Å². The maximum absolute atomic E-state index is 3.84. The van der Waals surface area contributed by atoms with Crippen LogP contribution in [-0.2, 0) is 6.42 Å². The largest absolute Gasteiger partial charge is 0.135 e. The van der Waals surface area contributed by atoms with Gasteiger partial charge in [0.15, 0.2) is 0 Å². The second-order valence-corrected chi connectivity index (χ2v) is 3.75. The lowest BCUT2D eigenvalue weighted by Gasteiger charge is -2.15. The van der Waals surface area contributed by atoms with E-state index in [1.54, 1.807) is 6.20 Å². The molecule has 0 amide bonds. The summed E-state index contributed by atoms with van der Waals surface area (Å²) < 4.78 is 0. The van der Waals surface area contributed by atoms with Crippen LogP contribution in [0.1, 0.15) is 26.5 Å². The molecule has 4 nitrogen and oxygen atoms in total. The number of hydrogen-bond donors (Lipinski definition) is 0. The number of rotatable bonds is 1. The third kappa shape index (κ3) is 3.02. The van der Waals surface area contributed by atoms with Gasteiger partial charge in [-0.15, -0.1) is 10.2 Å². The van der Waals surface area contributed by atoms with Gasteiger partial charge in [-0.1, -0.05) is 20.8 Å². The van der Waals surface area contributed by atoms with E-state index in [1.807, 2.05) is 0 Å². The number of nitrogens with zero attached hydrogens (tertiary/aromatic N) is 4. The standard InChI is InChI=1S/C7H12N4/c1-7(2,3)4-6-5-8-10-11-9-6/h5H,4H2,1-3H3. The Morgan fingerprint density at radius 1 is 1.27 bits per heavy atom. The summed E-state index contributed by atoms with van der Waals surface area (Å²) in [4.78, 5) is 0. The maximum atomic E-state index is 3.84. The van der Waals surface area contributed by atoms with Crippen LogP contribution in [0, 0.1) is 5.41 Å². The molecule has 0 saturated heterocycles. The van der Waals surface area contributed by atoms with Crippen molar-refractivity contribution in [2.75, 3.05) is 0 Å². The van der Waals surface area contributed by atoms with Crippen molar-refractivity contribution < 1.29 is 0 Å². The summed E-state index contributed by atoms with van der Waals surface area (Å²) >= 11 is 0. The van der Waals surface area contributed by atoms with Crippen molar-refractivity contribution in [1.82, 2.24) is 20.6 Å². The lowest BCUT2D eigenvalue weighted by Crippen LogP contribution is -2.11. The zero-order valence-electron chi connectivity index (χ0n) is 7.07. The Hall–Kier alpha value is -1.06. The van der Waals surface area contributed by atoms with Gasteiger partial charge >= 0.3 is 0 Å². The van der Waals surface area contributed by atoms with E-state index >= 15 is 0 Å². The molecule has 0 atom stereocenters. The van der Waals surface area contributed by atoms with Crippen molar-refractivity contribution >= 4 is 0 Å². The summed E-state index contributed by atoms with van der Waals surface area (Å²) in [6, 6.07) is 0. The topological polar surface area (TPSA) is 51.6 Å². The maximum Gasteiger partial charge on any atom is 0.0856 e. The fourth-order valence-corrected chi connectivity index (χ4v) is 0.843. The minimum absolute atomic E-state index is 0.234. The number of aromatic nitrogens is 4. The molecular weight excluding hydrogens is 140 g/mol. The third-order valence-corrected chi connectivity index (χ3v) is 1.18. The first-order valence-electron chi connectivity index (χ1n) is 3.58. The second kappa shape index (κ2) is 2.90. The highest BCUT2D eigenvalue weighted by Crippen LogP contribution is 2.17. The van der Waals surface area contributed by atoms with Gasteiger partial charge in [0.05, 0.1) is 11.9 Å². The van der Waals surface area contributed by atoms with Crippen LogP contribution >= 0.6 is 0 Å². The van der Waals surface area contributed by atoms with Gasteiger partial charge in [0.25, 0.3) is 0 Å². The Balaban J connectivity index is 2.66. The average molecular weight is 152 g/mol. The van der Waals surface area contributed by atoms with Crippen molar-refractivity contribution in [2.24, 2.45) is 5.41 Å². The van der Waals surface area contributed by atoms with E-state index in [4.69, 9.17) is 0 Å². The number of hydrogen-bond acceptors (Lipinski definition) is 4. The highest BCUT2D eigenvalue weighted by molar-refractivity contribution is 4.92. The molecule has 0 saturated carbocycles. The summed E-state index contributed by atoms with van der Waals surface area (Å²) in [5.41, 5.74) is 1.13. The first kappa shape index (κ1) is 8.04. The molecule has 0 N–H and O–H groups in total. The fourth-order valence-electron chi connectivity index (χ4n) is 0.843. The van der Waals surface area contributed by atoms with Gasteiger partial charge in [-0.2, -0.15) is 0 Å². The molecule has 1 rings (SSSR count). The van der Waals surface area contributed by atoms with Gasteiger partial charge < -0.3 is 0 Å². The Kier molecular flexibility index (Phi) is 2.12. The molecule has 0 aliphatic rings. The Morgan fingerprint density at radius 2 is 2.00 bits per heavy atom. The Bertz CT molecular complexity index is 214. The zero-order valence-corrected chi connectivity index (χ0v) is 7.07. The van der Waals surface area contributed by atoms with Crippen LogP contribution in [-0.4, -0.2) is 20.6 Å². The summed E-state index contributed by atoms with van der Waals surface area (Å²) in [7, 11) is 0. The Morgan fingerprint density at radius 3 is 2.45 bits per heavy atom. The second-order valence-electron chi connectivity index (χ2n) is 3.75. The van der Waals surface area contributed by atoms with Crippen molar-refractivity contribution in [3.05, 3.63) is 11.9 Å². The first-order valence-corrected chi connectivity index (χ1v) is 3.58. The molecule has 0 aliphatic carbocycles. The molecule has 0 aliphatic heterocycles. The lowest BCUT2D eigenvalue weighted by atomic mass is 9.91. The van der Waals surface area contributed by atoms with Crippen molar-refractivity contribution in [3.8, 4) is 0 Å². The van der Waals surface area contributed by atoms with E-state index in [0.717, 1.165) is 12.1 Å². The van der Waals surface area contributed by atoms with Crippen LogP contribution in [0.5, 0.6) is 0 Å². The summed E-state index contributed by atoms with van der Waals surface area (Å²) in [5.74, 6) is 0. The highest BCUT2D eigenvalue weighted by atomic mass is 15.4. The third-order valence-electron chi connectivity index (χ3n) is 1.18. The lowest BCUT2D eigenvalue weighted by molar-refractivity contribution is 0.401. The van der Waals surface area contributed by atoms with Gasteiger partial charge in [0.2, 0.25) is 0 Å². The summed E-state index contributed by atoms with van der Waals surface area (Å²) in [5, 5.41) is 14.3. The molecule has 4 heteroatoms. The van der Waals surface area contributed by atoms with E-state index < -0.39 is 0 Å². The molecular formula is C7H12N4. The van der Waals surface area contributed by atoms with E-state index in [2.05, 4.69) is 41.4 Å². The molecule has 0 aromatic carbocycles. The molecule has 0 fully saturated rings. The Labute approximate surface area is 66.0 Å². The monoisotopic (exact) mass is 152 g/mol. The molecule has 0 spiro atoms. The fraction of sp³-hybridized carbons (Fsp3) is 0.714. The normalized spacial score (nSPS) is 11.5. The zero-order chi connectivity index (χ0) is 8.32. The van der Waals surface area contributed by atoms with E-state index in [1.165, 1.54) is 0 Å². The molecule has 0 bridgehead atoms. The highest BCUT2D eigenvalue weighted by Gasteiger charge is 2.12. The molecule has 1 aromatic rings. The minimum Gasteiger partial charge on any atom is -0.135 e. The van der Waals surface area contributed by atoms with Crippen LogP contribution in [0.25, 0.3) is 0 Å². The van der Waals surface area contributed by atoms with E-state index in [9.17, 15) is 0 Å². The molecule has 1 aromatic heterocycles. The predicted octanol–water partition coefficient (Wildman–Crippen LogP) is 0.855. The van der Waals surface area contributed by atoms with Crippen molar-refractivity contribution in [1.29, 1.82) is 0 Å². The molecule has 0 unspecified atom stereocenters. The summed E-state index contributed by atoms with van der Waals surface area (Å²) in [6.07, 6.45) is 2.54. The minimum atomic E-state index is 0.234. The molecule has 60 valence electrons. The smallest absolute Gasteiger partial charge is 0.0856 e. The van der Waals surface area contributed by atoms with Crippen LogP contribution in [0.15, 0.2) is 6.20 Å². The molecule has 1 heterocycles. The van der Waals surface area contributed by atoms with Crippen molar-refractivity contribution in [2.45, 2.75) is 27.2 Å². The van der Waals surface area contributed by atoms with Crippen LogP contribution in [0.4, 0.5) is 0 Å². The van der Waals surface area contributed by atoms with Gasteiger partial charge in [-0.3, -0.25) is 0 Å². The average Bonchev–Trinajstić information content (AvgIpc) is 1.85. The van der Waals surface area contributed by atoms with E-state index in [-0.39, 0.29) is 5.41 Å². The quantitative estimate of drug-likeness (QED) is 0.598. The predicted molar refractivity (Wildman–Crippen MR) is 40.8 cm³/mol. The summed E-state index contributed by atoms with van der Waals surface area (Å²) in [6.45, 7) is 6.44. The van der Waals surface area contributed by atoms with Gasteiger partial charge in [-0.25, -0.2) is 0 Å². The molecule has 11 heavy (non-hydrogen) atoms. The first-order chi connectivity index (χ1) is 5.08. The van der Waals surface area contributed by atoms with Crippen LogP contribution in [0.2, 0.25) is 0 Å². The molecule has 0 radical (unpaired) electrons. The van der Waals surface area contributed by atoms with E-state index in [0.29, 0.717) is 0 Å². The SMILES string of the molecule is CC(C)(C)Cc1cnnnn1. The van der Waals surface area contributed by atoms with Crippen LogP contribution < -0.4 is 0 Å².